The van der Waals surface area contributed by atoms with Crippen LogP contribution >= 0.6 is 0 Å². The summed E-state index contributed by atoms with van der Waals surface area (Å²) >= 11 is 0. The van der Waals surface area contributed by atoms with Crippen molar-refractivity contribution in [3.8, 4) is 0 Å². The Morgan fingerprint density at radius 3 is 2.05 bits per heavy atom. The van der Waals surface area contributed by atoms with Crippen LogP contribution in [0.25, 0.3) is 0 Å². The predicted octanol–water partition coefficient (Wildman–Crippen LogP) is 2.21. The average molecular weight is 290 g/mol. The highest BCUT2D eigenvalue weighted by Gasteiger charge is 2.45. The molecule has 0 N–H and O–H groups in total. The van der Waals surface area contributed by atoms with E-state index in [-0.39, 0.29) is 18.2 Å². The summed E-state index contributed by atoms with van der Waals surface area (Å²) in [7, 11) is 0. The lowest BCUT2D eigenvalue weighted by Gasteiger charge is -2.34. The van der Waals surface area contributed by atoms with Crippen molar-refractivity contribution in [1.29, 1.82) is 0 Å². The van der Waals surface area contributed by atoms with Gasteiger partial charge in [0.15, 0.2) is 11.6 Å². The smallest absolute Gasteiger partial charge is 0.318 e. The van der Waals surface area contributed by atoms with E-state index in [9.17, 15) is 14.4 Å². The summed E-state index contributed by atoms with van der Waals surface area (Å²) in [5.41, 5.74) is 0.711. The molecular formula is C16H18O5. The summed E-state index contributed by atoms with van der Waals surface area (Å²) in [5.74, 6) is -0.440. The minimum atomic E-state index is -0.871. The van der Waals surface area contributed by atoms with E-state index >= 15 is 0 Å². The molecule has 2 aliphatic carbocycles. The molecule has 0 aromatic heterocycles. The molecule has 0 atom stereocenters. The average Bonchev–Trinajstić information content (AvgIpc) is 2.46. The van der Waals surface area contributed by atoms with Crippen molar-refractivity contribution in [2.45, 2.75) is 45.4 Å². The zero-order chi connectivity index (χ0) is 15.0. The van der Waals surface area contributed by atoms with Crippen LogP contribution in [0.1, 0.15) is 45.4 Å². The first-order chi connectivity index (χ1) is 10.1. The van der Waals surface area contributed by atoms with Crippen molar-refractivity contribution in [1.82, 2.24) is 0 Å². The Morgan fingerprint density at radius 2 is 1.57 bits per heavy atom. The molecule has 0 aromatic rings. The Bertz CT molecular complexity index is 539. The van der Waals surface area contributed by atoms with Crippen molar-refractivity contribution in [2.24, 2.45) is 5.92 Å². The fourth-order valence-corrected chi connectivity index (χ4v) is 3.28. The van der Waals surface area contributed by atoms with Crippen LogP contribution in [-0.2, 0) is 23.9 Å². The van der Waals surface area contributed by atoms with Crippen molar-refractivity contribution < 1.29 is 23.9 Å². The largest absolute Gasteiger partial charge is 0.465 e. The number of esters is 1. The van der Waals surface area contributed by atoms with Gasteiger partial charge >= 0.3 is 5.97 Å². The maximum atomic E-state index is 12.3. The first kappa shape index (κ1) is 14.0. The molecule has 0 fully saturated rings. The molecule has 3 aliphatic rings. The first-order valence-electron chi connectivity index (χ1n) is 7.50. The van der Waals surface area contributed by atoms with Gasteiger partial charge in [-0.05, 0) is 19.8 Å². The summed E-state index contributed by atoms with van der Waals surface area (Å²) < 4.78 is 10.9. The maximum absolute atomic E-state index is 12.3. The number of Topliss-reactive ketones (excluding diaryl/α,β-unsaturated/α-hetero) is 2. The lowest BCUT2D eigenvalue weighted by atomic mass is 9.76. The number of carbonyl (C=O) groups is 3. The van der Waals surface area contributed by atoms with Crippen LogP contribution in [0.15, 0.2) is 22.7 Å². The van der Waals surface area contributed by atoms with E-state index in [1.54, 1.807) is 6.92 Å². The number of allylic oxidation sites excluding steroid dienone is 2. The van der Waals surface area contributed by atoms with E-state index < -0.39 is 11.9 Å². The highest BCUT2D eigenvalue weighted by atomic mass is 16.5. The molecule has 1 aliphatic heterocycles. The number of hydrogen-bond acceptors (Lipinski definition) is 5. The molecule has 3 rings (SSSR count). The van der Waals surface area contributed by atoms with Crippen LogP contribution in [0, 0.1) is 5.92 Å². The standard InChI is InChI=1S/C16H18O5/c1-2-20-16(19)15-13-9(17)5-3-7-11(13)21-12-8-4-6-10(18)14(12)15/h15H,2-8H2,1H3. The highest BCUT2D eigenvalue weighted by Crippen LogP contribution is 2.43. The third-order valence-electron chi connectivity index (χ3n) is 4.16. The number of rotatable bonds is 2. The second kappa shape index (κ2) is 5.47. The van der Waals surface area contributed by atoms with Gasteiger partial charge in [-0.1, -0.05) is 0 Å². The van der Waals surface area contributed by atoms with Gasteiger partial charge in [-0.3, -0.25) is 14.4 Å². The number of carbonyl (C=O) groups excluding carboxylic acids is 3. The molecule has 5 nitrogen and oxygen atoms in total. The van der Waals surface area contributed by atoms with E-state index in [2.05, 4.69) is 0 Å². The van der Waals surface area contributed by atoms with Gasteiger partial charge in [0, 0.05) is 25.7 Å². The Morgan fingerprint density at radius 1 is 1.05 bits per heavy atom. The molecule has 112 valence electrons. The first-order valence-corrected chi connectivity index (χ1v) is 7.50. The number of ketones is 2. The van der Waals surface area contributed by atoms with Crippen molar-refractivity contribution in [3.63, 3.8) is 0 Å². The zero-order valence-corrected chi connectivity index (χ0v) is 12.1. The molecular weight excluding hydrogens is 272 g/mol. The Kier molecular flexibility index (Phi) is 3.66. The fourth-order valence-electron chi connectivity index (χ4n) is 3.28. The molecule has 0 spiro atoms. The molecule has 0 unspecified atom stereocenters. The van der Waals surface area contributed by atoms with Gasteiger partial charge in [0.05, 0.1) is 17.8 Å². The lowest BCUT2D eigenvalue weighted by Crippen LogP contribution is -2.36. The van der Waals surface area contributed by atoms with E-state index in [4.69, 9.17) is 9.47 Å². The van der Waals surface area contributed by atoms with Crippen LogP contribution < -0.4 is 0 Å². The van der Waals surface area contributed by atoms with Crippen LogP contribution in [0.4, 0.5) is 0 Å². The van der Waals surface area contributed by atoms with Crippen LogP contribution in [0.3, 0.4) is 0 Å². The summed E-state index contributed by atoms with van der Waals surface area (Å²) in [5, 5.41) is 0. The molecule has 5 heteroatoms. The van der Waals surface area contributed by atoms with Crippen LogP contribution in [0.5, 0.6) is 0 Å². The van der Waals surface area contributed by atoms with Gasteiger partial charge < -0.3 is 9.47 Å². The van der Waals surface area contributed by atoms with Gasteiger partial charge in [-0.2, -0.15) is 0 Å². The fraction of sp³-hybridized carbons (Fsp3) is 0.562. The SMILES string of the molecule is CCOC(=O)C1C2=C(CCCC2=O)OC2=C1C(=O)CCC2. The van der Waals surface area contributed by atoms with Gasteiger partial charge in [-0.25, -0.2) is 0 Å². The molecule has 21 heavy (non-hydrogen) atoms. The molecule has 0 amide bonds. The summed E-state index contributed by atoms with van der Waals surface area (Å²) in [6, 6.07) is 0. The minimum absolute atomic E-state index is 0.0979. The van der Waals surface area contributed by atoms with Crippen molar-refractivity contribution >= 4 is 17.5 Å². The van der Waals surface area contributed by atoms with Crippen LogP contribution in [0.2, 0.25) is 0 Å². The topological polar surface area (TPSA) is 69.7 Å². The molecule has 0 bridgehead atoms. The van der Waals surface area contributed by atoms with Gasteiger partial charge in [0.1, 0.15) is 17.4 Å². The van der Waals surface area contributed by atoms with Gasteiger partial charge in [0.2, 0.25) is 0 Å². The molecule has 0 saturated carbocycles. The third kappa shape index (κ3) is 2.30. The third-order valence-corrected chi connectivity index (χ3v) is 4.16. The van der Waals surface area contributed by atoms with Gasteiger partial charge in [-0.15, -0.1) is 0 Å². The van der Waals surface area contributed by atoms with Crippen LogP contribution in [-0.4, -0.2) is 24.1 Å². The van der Waals surface area contributed by atoms with E-state index in [0.29, 0.717) is 48.3 Å². The van der Waals surface area contributed by atoms with Crippen molar-refractivity contribution in [3.05, 3.63) is 22.7 Å². The zero-order valence-electron chi connectivity index (χ0n) is 12.1. The van der Waals surface area contributed by atoms with Crippen molar-refractivity contribution in [2.75, 3.05) is 6.61 Å². The molecule has 0 saturated heterocycles. The monoisotopic (exact) mass is 290 g/mol. The Balaban J connectivity index is 2.09. The molecule has 0 aromatic carbocycles. The lowest BCUT2D eigenvalue weighted by molar-refractivity contribution is -0.147. The second-order valence-corrected chi connectivity index (χ2v) is 5.51. The normalized spacial score (nSPS) is 22.7. The second-order valence-electron chi connectivity index (χ2n) is 5.51. The minimum Gasteiger partial charge on any atom is -0.465 e. The Labute approximate surface area is 123 Å². The summed E-state index contributed by atoms with van der Waals surface area (Å²) in [6.45, 7) is 1.94. The number of hydrogen-bond donors (Lipinski definition) is 0. The summed E-state index contributed by atoms with van der Waals surface area (Å²) in [6.07, 6.45) is 3.53. The maximum Gasteiger partial charge on any atom is 0.318 e. The summed E-state index contributed by atoms with van der Waals surface area (Å²) in [4.78, 5) is 36.8. The molecule has 0 radical (unpaired) electrons. The Hall–Kier alpha value is -1.91. The quantitative estimate of drug-likeness (QED) is 0.729. The molecule has 1 heterocycles. The highest BCUT2D eigenvalue weighted by molar-refractivity contribution is 6.10. The predicted molar refractivity (Wildman–Crippen MR) is 73.0 cm³/mol. The van der Waals surface area contributed by atoms with E-state index in [1.165, 1.54) is 0 Å². The number of ether oxygens (including phenoxy) is 2. The van der Waals surface area contributed by atoms with E-state index in [0.717, 1.165) is 12.8 Å². The van der Waals surface area contributed by atoms with E-state index in [1.807, 2.05) is 0 Å². The van der Waals surface area contributed by atoms with Gasteiger partial charge in [0.25, 0.3) is 0 Å².